The van der Waals surface area contributed by atoms with Crippen LogP contribution >= 0.6 is 0 Å². The second kappa shape index (κ2) is 16.1. The smallest absolute Gasteiger partial charge is 0.322 e. The number of nitrogens with two attached hydrogens (primary N) is 1. The van der Waals surface area contributed by atoms with Gasteiger partial charge in [-0.3, -0.25) is 28.8 Å². The summed E-state index contributed by atoms with van der Waals surface area (Å²) in [6, 6.07) is 12.9. The molecule has 0 radical (unpaired) electrons. The van der Waals surface area contributed by atoms with Gasteiger partial charge in [-0.2, -0.15) is 0 Å². The number of carbonyl (C=O) groups is 6. The first-order valence-corrected chi connectivity index (χ1v) is 12.2. The van der Waals surface area contributed by atoms with Gasteiger partial charge in [0, 0.05) is 6.42 Å². The van der Waals surface area contributed by atoms with Crippen molar-refractivity contribution in [3.05, 3.63) is 65.7 Å². The maximum absolute atomic E-state index is 12.8. The highest BCUT2D eigenvalue weighted by Crippen LogP contribution is 2.11. The summed E-state index contributed by atoms with van der Waals surface area (Å²) in [6.45, 7) is -2.04. The molecule has 2 rings (SSSR count). The Labute approximate surface area is 229 Å². The quantitative estimate of drug-likeness (QED) is 0.116. The van der Waals surface area contributed by atoms with Gasteiger partial charge in [0.2, 0.25) is 29.5 Å². The lowest BCUT2D eigenvalue weighted by Crippen LogP contribution is -2.53. The molecule has 9 N–H and O–H groups in total. The van der Waals surface area contributed by atoms with E-state index in [4.69, 9.17) is 10.8 Å². The number of benzene rings is 2. The highest BCUT2D eigenvalue weighted by molar-refractivity contribution is 5.93. The van der Waals surface area contributed by atoms with E-state index in [9.17, 15) is 33.9 Å². The zero-order valence-corrected chi connectivity index (χ0v) is 21.5. The molecule has 40 heavy (non-hydrogen) atoms. The van der Waals surface area contributed by atoms with Crippen LogP contribution in [0.4, 0.5) is 0 Å². The third-order valence-corrected chi connectivity index (χ3v) is 5.39. The topological polar surface area (TPSA) is 229 Å². The van der Waals surface area contributed by atoms with Crippen LogP contribution in [0, 0.1) is 0 Å². The minimum atomic E-state index is -1.24. The number of carboxylic acid groups (broad SMARTS) is 1. The lowest BCUT2D eigenvalue weighted by Gasteiger charge is -2.19. The Kier molecular flexibility index (Phi) is 12.6. The number of hydrogen-bond acceptors (Lipinski definition) is 8. The van der Waals surface area contributed by atoms with Crippen LogP contribution in [-0.2, 0) is 41.6 Å². The lowest BCUT2D eigenvalue weighted by atomic mass is 10.0. The van der Waals surface area contributed by atoms with Crippen LogP contribution in [0.5, 0.6) is 5.75 Å². The molecule has 2 aromatic carbocycles. The molecule has 0 saturated carbocycles. The Balaban J connectivity index is 1.87. The number of aromatic hydroxyl groups is 1. The summed E-state index contributed by atoms with van der Waals surface area (Å²) in [7, 11) is 0. The zero-order valence-electron chi connectivity index (χ0n) is 21.5. The SMILES string of the molecule is N[C@@H](Cc1ccc(O)cc1)C(=O)NCC(=O)N[C@@H](Cc1ccccc1)C(=O)NCC(=O)NCC(=O)NCC(=O)O. The summed E-state index contributed by atoms with van der Waals surface area (Å²) in [5, 5.41) is 29.5. The highest BCUT2D eigenvalue weighted by atomic mass is 16.4. The molecule has 0 fully saturated rings. The van der Waals surface area contributed by atoms with E-state index in [0.29, 0.717) is 0 Å². The number of phenolic OH excluding ortho intramolecular Hbond substituents is 1. The van der Waals surface area contributed by atoms with Crippen molar-refractivity contribution < 1.29 is 39.0 Å². The normalized spacial score (nSPS) is 11.8. The van der Waals surface area contributed by atoms with Gasteiger partial charge in [-0.25, -0.2) is 0 Å². The first-order chi connectivity index (χ1) is 19.0. The van der Waals surface area contributed by atoms with Crippen LogP contribution in [0.1, 0.15) is 11.1 Å². The van der Waals surface area contributed by atoms with Crippen molar-refractivity contribution in [2.75, 3.05) is 26.2 Å². The summed E-state index contributed by atoms with van der Waals surface area (Å²) >= 11 is 0. The van der Waals surface area contributed by atoms with Crippen molar-refractivity contribution >= 4 is 35.5 Å². The molecule has 5 amide bonds. The molecular formula is C26H32N6O8. The van der Waals surface area contributed by atoms with Gasteiger partial charge < -0.3 is 42.5 Å². The van der Waals surface area contributed by atoms with Crippen molar-refractivity contribution in [1.29, 1.82) is 0 Å². The van der Waals surface area contributed by atoms with Crippen LogP contribution in [0.3, 0.4) is 0 Å². The van der Waals surface area contributed by atoms with Crippen molar-refractivity contribution in [2.45, 2.75) is 24.9 Å². The predicted octanol–water partition coefficient (Wildman–Crippen LogP) is -2.46. The molecule has 2 atom stereocenters. The average Bonchev–Trinajstić information content (AvgIpc) is 2.93. The predicted molar refractivity (Wildman–Crippen MR) is 142 cm³/mol. The third-order valence-electron chi connectivity index (χ3n) is 5.39. The molecular weight excluding hydrogens is 524 g/mol. The van der Waals surface area contributed by atoms with Gasteiger partial charge in [0.05, 0.1) is 25.7 Å². The molecule has 2 aromatic rings. The van der Waals surface area contributed by atoms with E-state index >= 15 is 0 Å². The van der Waals surface area contributed by atoms with E-state index in [1.807, 2.05) is 0 Å². The largest absolute Gasteiger partial charge is 0.508 e. The van der Waals surface area contributed by atoms with E-state index in [2.05, 4.69) is 26.6 Å². The molecule has 0 aliphatic rings. The second-order valence-corrected chi connectivity index (χ2v) is 8.67. The number of nitrogens with one attached hydrogen (secondary N) is 5. The number of phenols is 1. The summed E-state index contributed by atoms with van der Waals surface area (Å²) in [5.74, 6) is -4.53. The van der Waals surface area contributed by atoms with Crippen molar-refractivity contribution in [3.63, 3.8) is 0 Å². The molecule has 214 valence electrons. The van der Waals surface area contributed by atoms with E-state index < -0.39 is 73.8 Å². The van der Waals surface area contributed by atoms with Crippen LogP contribution < -0.4 is 32.3 Å². The number of amides is 5. The number of carbonyl (C=O) groups excluding carboxylic acids is 5. The Morgan fingerprint density at radius 3 is 1.80 bits per heavy atom. The van der Waals surface area contributed by atoms with Gasteiger partial charge in [0.15, 0.2) is 0 Å². The fraction of sp³-hybridized carbons (Fsp3) is 0.308. The van der Waals surface area contributed by atoms with E-state index in [-0.39, 0.29) is 18.6 Å². The average molecular weight is 557 g/mol. The highest BCUT2D eigenvalue weighted by Gasteiger charge is 2.23. The van der Waals surface area contributed by atoms with Crippen molar-refractivity contribution in [2.24, 2.45) is 5.73 Å². The van der Waals surface area contributed by atoms with Crippen molar-refractivity contribution in [3.8, 4) is 5.75 Å². The van der Waals surface area contributed by atoms with Gasteiger partial charge in [-0.1, -0.05) is 42.5 Å². The lowest BCUT2D eigenvalue weighted by molar-refractivity contribution is -0.137. The summed E-state index contributed by atoms with van der Waals surface area (Å²) in [6.07, 6.45) is 0.266. The van der Waals surface area contributed by atoms with Gasteiger partial charge in [-0.15, -0.1) is 0 Å². The van der Waals surface area contributed by atoms with Crippen molar-refractivity contribution in [1.82, 2.24) is 26.6 Å². The molecule has 0 spiro atoms. The van der Waals surface area contributed by atoms with Crippen LogP contribution in [0.25, 0.3) is 0 Å². The molecule has 0 heterocycles. The molecule has 0 bridgehead atoms. The van der Waals surface area contributed by atoms with Gasteiger partial charge in [0.1, 0.15) is 18.3 Å². The summed E-state index contributed by atoms with van der Waals surface area (Å²) < 4.78 is 0. The fourth-order valence-electron chi connectivity index (χ4n) is 3.35. The van der Waals surface area contributed by atoms with E-state index in [0.717, 1.165) is 11.1 Å². The van der Waals surface area contributed by atoms with Gasteiger partial charge in [0.25, 0.3) is 0 Å². The standard InChI is InChI=1S/C26H32N6O8/c27-19(10-17-6-8-18(33)9-7-17)25(39)30-14-23(36)32-20(11-16-4-2-1-3-5-16)26(40)31-13-22(35)28-12-21(34)29-15-24(37)38/h1-9,19-20,33H,10-15,27H2,(H,28,35)(H,29,34)(H,30,39)(H,31,40)(H,32,36)(H,37,38)/t19-,20-/m0/s1. The number of hydrogen-bond donors (Lipinski definition) is 8. The molecule has 14 heteroatoms. The molecule has 0 saturated heterocycles. The Bertz CT molecular complexity index is 1190. The minimum absolute atomic E-state index is 0.0774. The monoisotopic (exact) mass is 556 g/mol. The fourth-order valence-corrected chi connectivity index (χ4v) is 3.35. The summed E-state index contributed by atoms with van der Waals surface area (Å²) in [4.78, 5) is 71.7. The van der Waals surface area contributed by atoms with Gasteiger partial charge >= 0.3 is 5.97 Å². The summed E-state index contributed by atoms with van der Waals surface area (Å²) in [5.41, 5.74) is 7.35. The maximum atomic E-state index is 12.8. The number of aliphatic carboxylic acids is 1. The van der Waals surface area contributed by atoms with Gasteiger partial charge in [-0.05, 0) is 29.7 Å². The van der Waals surface area contributed by atoms with E-state index in [1.165, 1.54) is 12.1 Å². The van der Waals surface area contributed by atoms with Crippen LogP contribution in [0.15, 0.2) is 54.6 Å². The Hall–Kier alpha value is -4.98. The number of rotatable bonds is 15. The molecule has 0 aliphatic heterocycles. The van der Waals surface area contributed by atoms with Crippen LogP contribution in [0.2, 0.25) is 0 Å². The van der Waals surface area contributed by atoms with E-state index in [1.54, 1.807) is 42.5 Å². The molecule has 0 aromatic heterocycles. The first-order valence-electron chi connectivity index (χ1n) is 12.2. The molecule has 0 aliphatic carbocycles. The maximum Gasteiger partial charge on any atom is 0.322 e. The molecule has 14 nitrogen and oxygen atoms in total. The first kappa shape index (κ1) is 31.2. The molecule has 0 unspecified atom stereocenters. The third kappa shape index (κ3) is 12.0. The minimum Gasteiger partial charge on any atom is -0.508 e. The van der Waals surface area contributed by atoms with Crippen LogP contribution in [-0.4, -0.2) is 84.0 Å². The Morgan fingerprint density at radius 1 is 0.650 bits per heavy atom. The second-order valence-electron chi connectivity index (χ2n) is 8.67. The zero-order chi connectivity index (χ0) is 29.5. The Morgan fingerprint density at radius 2 is 1.18 bits per heavy atom. The number of carboxylic acids is 1.